The highest BCUT2D eigenvalue weighted by Crippen LogP contribution is 2.39. The van der Waals surface area contributed by atoms with Crippen LogP contribution < -0.4 is 5.32 Å². The molecule has 22 heavy (non-hydrogen) atoms. The minimum atomic E-state index is -1.80. The molecule has 0 aromatic heterocycles. The molecule has 2 aromatic carbocycles. The van der Waals surface area contributed by atoms with Crippen LogP contribution in [0.15, 0.2) is 42.5 Å². The van der Waals surface area contributed by atoms with E-state index in [1.165, 1.54) is 0 Å². The lowest BCUT2D eigenvalue weighted by Gasteiger charge is -2.20. The lowest BCUT2D eigenvalue weighted by molar-refractivity contribution is -0.133. The monoisotopic (exact) mass is 295 g/mol. The largest absolute Gasteiger partial charge is 0.375 e. The third-order valence-electron chi connectivity index (χ3n) is 4.03. The van der Waals surface area contributed by atoms with Crippen LogP contribution in [0.2, 0.25) is 0 Å². The first-order valence-electron chi connectivity index (χ1n) is 7.15. The summed E-state index contributed by atoms with van der Waals surface area (Å²) in [7, 11) is 0. The smallest absolute Gasteiger partial charge is 0.261 e. The number of nitrogens with one attached hydrogen (secondary N) is 1. The third-order valence-corrected chi connectivity index (χ3v) is 4.03. The van der Waals surface area contributed by atoms with Gasteiger partial charge >= 0.3 is 0 Å². The molecule has 4 nitrogen and oxygen atoms in total. The third kappa shape index (κ3) is 2.31. The Morgan fingerprint density at radius 1 is 1.09 bits per heavy atom. The van der Waals surface area contributed by atoms with E-state index in [9.17, 15) is 14.7 Å². The highest BCUT2D eigenvalue weighted by molar-refractivity contribution is 6.09. The fraction of sp³-hybridized carbons (Fsp3) is 0.222. The molecule has 0 radical (unpaired) electrons. The number of Topliss-reactive ketones (excluding diaryl/α,β-unsaturated/α-hetero) is 1. The number of anilines is 1. The zero-order valence-electron chi connectivity index (χ0n) is 12.5. The average Bonchev–Trinajstić information content (AvgIpc) is 2.71. The Balaban J connectivity index is 1.94. The van der Waals surface area contributed by atoms with E-state index in [0.717, 1.165) is 11.1 Å². The van der Waals surface area contributed by atoms with Gasteiger partial charge in [0.25, 0.3) is 5.91 Å². The van der Waals surface area contributed by atoms with Gasteiger partial charge in [-0.15, -0.1) is 0 Å². The maximum absolute atomic E-state index is 12.4. The maximum atomic E-state index is 12.4. The van der Waals surface area contributed by atoms with Crippen molar-refractivity contribution in [2.45, 2.75) is 25.9 Å². The Kier molecular flexibility index (Phi) is 3.34. The summed E-state index contributed by atoms with van der Waals surface area (Å²) in [5.74, 6) is -0.805. The van der Waals surface area contributed by atoms with E-state index >= 15 is 0 Å². The van der Waals surface area contributed by atoms with Gasteiger partial charge in [-0.2, -0.15) is 0 Å². The van der Waals surface area contributed by atoms with Crippen molar-refractivity contribution in [1.82, 2.24) is 0 Å². The quantitative estimate of drug-likeness (QED) is 0.856. The van der Waals surface area contributed by atoms with Gasteiger partial charge in [0.2, 0.25) is 0 Å². The van der Waals surface area contributed by atoms with Gasteiger partial charge in [-0.3, -0.25) is 9.59 Å². The molecule has 1 heterocycles. The minimum absolute atomic E-state index is 0.257. The van der Waals surface area contributed by atoms with Gasteiger partial charge in [0, 0.05) is 16.8 Å². The number of hydrogen-bond donors (Lipinski definition) is 2. The van der Waals surface area contributed by atoms with Gasteiger partial charge in [-0.1, -0.05) is 47.5 Å². The molecule has 1 aliphatic rings. The molecular formula is C18H17NO3. The molecule has 3 rings (SSSR count). The summed E-state index contributed by atoms with van der Waals surface area (Å²) in [6, 6.07) is 12.4. The molecule has 1 atom stereocenters. The lowest BCUT2D eigenvalue weighted by atomic mass is 9.87. The van der Waals surface area contributed by atoms with Crippen molar-refractivity contribution in [3.05, 3.63) is 64.7 Å². The number of carbonyl (C=O) groups is 2. The van der Waals surface area contributed by atoms with Crippen molar-refractivity contribution in [3.8, 4) is 0 Å². The molecule has 0 saturated carbocycles. The predicted octanol–water partition coefficient (Wildman–Crippen LogP) is 2.72. The maximum Gasteiger partial charge on any atom is 0.261 e. The summed E-state index contributed by atoms with van der Waals surface area (Å²) in [5, 5.41) is 13.4. The molecule has 1 amide bonds. The Morgan fingerprint density at radius 3 is 2.41 bits per heavy atom. The first-order valence-corrected chi connectivity index (χ1v) is 7.15. The Morgan fingerprint density at radius 2 is 1.73 bits per heavy atom. The lowest BCUT2D eigenvalue weighted by Crippen LogP contribution is -2.36. The van der Waals surface area contributed by atoms with Crippen LogP contribution in [0.4, 0.5) is 5.69 Å². The van der Waals surface area contributed by atoms with E-state index in [4.69, 9.17) is 0 Å². The number of benzene rings is 2. The molecule has 1 aliphatic heterocycles. The number of aryl methyl sites for hydroxylation is 2. The Labute approximate surface area is 128 Å². The Bertz CT molecular complexity index is 764. The van der Waals surface area contributed by atoms with Crippen LogP contribution in [0.1, 0.15) is 33.5 Å². The summed E-state index contributed by atoms with van der Waals surface area (Å²) in [4.78, 5) is 24.6. The molecule has 0 spiro atoms. The molecule has 112 valence electrons. The molecule has 0 aliphatic carbocycles. The van der Waals surface area contributed by atoms with Crippen molar-refractivity contribution in [3.63, 3.8) is 0 Å². The molecule has 0 unspecified atom stereocenters. The zero-order valence-corrected chi connectivity index (χ0v) is 12.5. The Hall–Kier alpha value is -2.46. The van der Waals surface area contributed by atoms with E-state index in [2.05, 4.69) is 5.32 Å². The topological polar surface area (TPSA) is 66.4 Å². The molecule has 2 aromatic rings. The molecule has 0 fully saturated rings. The average molecular weight is 295 g/mol. The van der Waals surface area contributed by atoms with Crippen LogP contribution in [-0.2, 0) is 10.4 Å². The number of amides is 1. The van der Waals surface area contributed by atoms with Gasteiger partial charge in [0.05, 0.1) is 6.42 Å². The molecule has 0 saturated heterocycles. The van der Waals surface area contributed by atoms with E-state index in [1.807, 2.05) is 32.0 Å². The van der Waals surface area contributed by atoms with Crippen molar-refractivity contribution in [2.75, 3.05) is 5.32 Å². The first-order chi connectivity index (χ1) is 10.4. The van der Waals surface area contributed by atoms with Crippen LogP contribution in [0.5, 0.6) is 0 Å². The second-order valence-electron chi connectivity index (χ2n) is 5.83. The van der Waals surface area contributed by atoms with Crippen molar-refractivity contribution in [2.24, 2.45) is 0 Å². The standard InChI is InChI=1S/C18H17NO3/c1-11-3-6-13(7-4-11)16(20)10-18(22)14-9-12(2)5-8-15(14)19-17(18)21/h3-9,22H,10H2,1-2H3,(H,19,21)/t18-/m1/s1. The summed E-state index contributed by atoms with van der Waals surface area (Å²) < 4.78 is 0. The van der Waals surface area contributed by atoms with Gasteiger partial charge in [-0.05, 0) is 19.9 Å². The second kappa shape index (κ2) is 5.07. The predicted molar refractivity (Wildman–Crippen MR) is 83.8 cm³/mol. The van der Waals surface area contributed by atoms with Gasteiger partial charge in [-0.25, -0.2) is 0 Å². The summed E-state index contributed by atoms with van der Waals surface area (Å²) in [6.45, 7) is 3.82. The number of ketones is 1. The van der Waals surface area contributed by atoms with Crippen LogP contribution in [0.3, 0.4) is 0 Å². The van der Waals surface area contributed by atoms with Crippen molar-refractivity contribution < 1.29 is 14.7 Å². The summed E-state index contributed by atoms with van der Waals surface area (Å²) in [5.41, 5.74) is 1.70. The van der Waals surface area contributed by atoms with Crippen LogP contribution >= 0.6 is 0 Å². The summed E-state index contributed by atoms with van der Waals surface area (Å²) in [6.07, 6.45) is -0.266. The molecule has 0 bridgehead atoms. The number of fused-ring (bicyclic) bond motifs is 1. The number of rotatable bonds is 3. The van der Waals surface area contributed by atoms with Crippen LogP contribution in [-0.4, -0.2) is 16.8 Å². The van der Waals surface area contributed by atoms with Crippen LogP contribution in [0, 0.1) is 13.8 Å². The summed E-state index contributed by atoms with van der Waals surface area (Å²) >= 11 is 0. The van der Waals surface area contributed by atoms with E-state index in [-0.39, 0.29) is 12.2 Å². The van der Waals surface area contributed by atoms with Gasteiger partial charge < -0.3 is 10.4 Å². The number of hydrogen-bond acceptors (Lipinski definition) is 3. The SMILES string of the molecule is Cc1ccc(C(=O)C[C@]2(O)C(=O)Nc3ccc(C)cc32)cc1. The molecular weight excluding hydrogens is 278 g/mol. The number of aliphatic hydroxyl groups is 1. The van der Waals surface area contributed by atoms with Gasteiger partial charge in [0.15, 0.2) is 11.4 Å². The molecule has 2 N–H and O–H groups in total. The zero-order chi connectivity index (χ0) is 15.9. The van der Waals surface area contributed by atoms with Gasteiger partial charge in [0.1, 0.15) is 0 Å². The van der Waals surface area contributed by atoms with E-state index in [0.29, 0.717) is 16.8 Å². The fourth-order valence-corrected chi connectivity index (χ4v) is 2.71. The van der Waals surface area contributed by atoms with Crippen molar-refractivity contribution in [1.29, 1.82) is 0 Å². The fourth-order valence-electron chi connectivity index (χ4n) is 2.71. The highest BCUT2D eigenvalue weighted by atomic mass is 16.3. The normalized spacial score (nSPS) is 19.7. The van der Waals surface area contributed by atoms with E-state index < -0.39 is 11.5 Å². The molecule has 4 heteroatoms. The highest BCUT2D eigenvalue weighted by Gasteiger charge is 2.46. The van der Waals surface area contributed by atoms with Crippen LogP contribution in [0.25, 0.3) is 0 Å². The number of carbonyl (C=O) groups excluding carboxylic acids is 2. The second-order valence-corrected chi connectivity index (χ2v) is 5.83. The van der Waals surface area contributed by atoms with Crippen molar-refractivity contribution >= 4 is 17.4 Å². The first kappa shape index (κ1) is 14.5. The minimum Gasteiger partial charge on any atom is -0.375 e. The van der Waals surface area contributed by atoms with E-state index in [1.54, 1.807) is 24.3 Å².